The second-order valence-corrected chi connectivity index (χ2v) is 5.68. The Hall–Kier alpha value is -1.37. The lowest BCUT2D eigenvalue weighted by Gasteiger charge is -2.22. The zero-order chi connectivity index (χ0) is 13.5. The van der Waals surface area contributed by atoms with E-state index >= 15 is 0 Å². The van der Waals surface area contributed by atoms with Gasteiger partial charge >= 0.3 is 6.03 Å². The highest BCUT2D eigenvalue weighted by Crippen LogP contribution is 2.16. The SMILES string of the molecule is COCCN(Cc1ccsc1)C(=O)Nc1cccs1. The van der Waals surface area contributed by atoms with E-state index in [1.807, 2.05) is 29.0 Å². The predicted octanol–water partition coefficient (Wildman–Crippen LogP) is 3.49. The Morgan fingerprint density at radius 3 is 2.95 bits per heavy atom. The van der Waals surface area contributed by atoms with Crippen molar-refractivity contribution in [2.45, 2.75) is 6.54 Å². The normalized spacial score (nSPS) is 10.4. The van der Waals surface area contributed by atoms with E-state index in [2.05, 4.69) is 10.7 Å². The van der Waals surface area contributed by atoms with E-state index in [1.165, 1.54) is 11.3 Å². The first-order valence-electron chi connectivity index (χ1n) is 5.89. The van der Waals surface area contributed by atoms with Crippen LogP contribution in [0.5, 0.6) is 0 Å². The first-order valence-corrected chi connectivity index (χ1v) is 7.71. The molecule has 0 saturated carbocycles. The fourth-order valence-electron chi connectivity index (χ4n) is 1.59. The number of carbonyl (C=O) groups is 1. The van der Waals surface area contributed by atoms with Crippen molar-refractivity contribution in [2.75, 3.05) is 25.6 Å². The smallest absolute Gasteiger partial charge is 0.322 e. The Balaban J connectivity index is 1.97. The van der Waals surface area contributed by atoms with Crippen LogP contribution in [-0.2, 0) is 11.3 Å². The van der Waals surface area contributed by atoms with Crippen LogP contribution in [-0.4, -0.2) is 31.2 Å². The molecule has 0 aliphatic heterocycles. The van der Waals surface area contributed by atoms with Crippen molar-refractivity contribution in [1.82, 2.24) is 4.90 Å². The van der Waals surface area contributed by atoms with Crippen LogP contribution in [0, 0.1) is 0 Å². The largest absolute Gasteiger partial charge is 0.383 e. The van der Waals surface area contributed by atoms with Crippen molar-refractivity contribution in [2.24, 2.45) is 0 Å². The summed E-state index contributed by atoms with van der Waals surface area (Å²) in [7, 11) is 1.64. The van der Waals surface area contributed by atoms with Gasteiger partial charge in [-0.1, -0.05) is 0 Å². The van der Waals surface area contributed by atoms with E-state index in [0.717, 1.165) is 10.6 Å². The lowest BCUT2D eigenvalue weighted by Crippen LogP contribution is -2.36. The van der Waals surface area contributed by atoms with Gasteiger partial charge in [0.05, 0.1) is 11.6 Å². The molecule has 2 aromatic rings. The van der Waals surface area contributed by atoms with Gasteiger partial charge < -0.3 is 9.64 Å². The third-order valence-electron chi connectivity index (χ3n) is 2.56. The molecule has 0 aliphatic rings. The molecule has 0 aliphatic carbocycles. The number of methoxy groups -OCH3 is 1. The number of nitrogens with one attached hydrogen (secondary N) is 1. The highest BCUT2D eigenvalue weighted by molar-refractivity contribution is 7.14. The van der Waals surface area contributed by atoms with Gasteiger partial charge in [-0.2, -0.15) is 11.3 Å². The number of amides is 2. The van der Waals surface area contributed by atoms with Crippen LogP contribution in [0.2, 0.25) is 0 Å². The van der Waals surface area contributed by atoms with E-state index in [-0.39, 0.29) is 6.03 Å². The van der Waals surface area contributed by atoms with Crippen LogP contribution in [0.1, 0.15) is 5.56 Å². The Morgan fingerprint density at radius 1 is 1.42 bits per heavy atom. The molecular weight excluding hydrogens is 280 g/mol. The second kappa shape index (κ2) is 7.28. The van der Waals surface area contributed by atoms with Crippen molar-refractivity contribution in [3.05, 3.63) is 39.9 Å². The second-order valence-electron chi connectivity index (χ2n) is 3.95. The fourth-order valence-corrected chi connectivity index (χ4v) is 2.86. The van der Waals surface area contributed by atoms with Gasteiger partial charge in [0.25, 0.3) is 0 Å². The Morgan fingerprint density at radius 2 is 2.32 bits per heavy atom. The fraction of sp³-hybridized carbons (Fsp3) is 0.308. The summed E-state index contributed by atoms with van der Waals surface area (Å²) in [6, 6.07) is 5.74. The van der Waals surface area contributed by atoms with Crippen molar-refractivity contribution >= 4 is 33.7 Å². The number of carbonyl (C=O) groups excluding carboxylic acids is 1. The first kappa shape index (κ1) is 14.0. The number of rotatable bonds is 6. The molecule has 19 heavy (non-hydrogen) atoms. The molecule has 0 bridgehead atoms. The number of thiophene rings is 2. The minimum atomic E-state index is -0.0919. The maximum atomic E-state index is 12.2. The number of hydrogen-bond donors (Lipinski definition) is 1. The summed E-state index contributed by atoms with van der Waals surface area (Å²) in [4.78, 5) is 14.0. The van der Waals surface area contributed by atoms with Gasteiger partial charge in [-0.25, -0.2) is 4.79 Å². The summed E-state index contributed by atoms with van der Waals surface area (Å²) in [5.74, 6) is 0. The van der Waals surface area contributed by atoms with Gasteiger partial charge in [0.1, 0.15) is 0 Å². The number of urea groups is 1. The van der Waals surface area contributed by atoms with Crippen LogP contribution in [0.4, 0.5) is 9.80 Å². The minimum absolute atomic E-state index is 0.0919. The van der Waals surface area contributed by atoms with Gasteiger partial charge in [-0.3, -0.25) is 5.32 Å². The lowest BCUT2D eigenvalue weighted by molar-refractivity contribution is 0.153. The molecule has 102 valence electrons. The summed E-state index contributed by atoms with van der Waals surface area (Å²) in [5, 5.41) is 9.76. The van der Waals surface area contributed by atoms with Crippen LogP contribution in [0.25, 0.3) is 0 Å². The molecule has 0 atom stereocenters. The molecule has 0 spiro atoms. The molecule has 4 nitrogen and oxygen atoms in total. The molecule has 1 N–H and O–H groups in total. The lowest BCUT2D eigenvalue weighted by atomic mass is 10.3. The van der Waals surface area contributed by atoms with Gasteiger partial charge in [-0.05, 0) is 39.9 Å². The van der Waals surface area contributed by atoms with Crippen molar-refractivity contribution < 1.29 is 9.53 Å². The highest BCUT2D eigenvalue weighted by Gasteiger charge is 2.14. The molecule has 2 amide bonds. The summed E-state index contributed by atoms with van der Waals surface area (Å²) in [6.45, 7) is 1.70. The predicted molar refractivity (Wildman–Crippen MR) is 79.9 cm³/mol. The molecular formula is C13H16N2O2S2. The summed E-state index contributed by atoms with van der Waals surface area (Å²) < 4.78 is 5.06. The van der Waals surface area contributed by atoms with Gasteiger partial charge in [-0.15, -0.1) is 11.3 Å². The topological polar surface area (TPSA) is 41.6 Å². The van der Waals surface area contributed by atoms with Crippen LogP contribution in [0.3, 0.4) is 0 Å². The summed E-state index contributed by atoms with van der Waals surface area (Å²) >= 11 is 3.15. The molecule has 0 saturated heterocycles. The Kier molecular flexibility index (Phi) is 5.38. The molecule has 6 heteroatoms. The van der Waals surface area contributed by atoms with Gasteiger partial charge in [0.2, 0.25) is 0 Å². The molecule has 0 fully saturated rings. The molecule has 2 aromatic heterocycles. The monoisotopic (exact) mass is 296 g/mol. The quantitative estimate of drug-likeness (QED) is 0.886. The van der Waals surface area contributed by atoms with E-state index < -0.39 is 0 Å². The molecule has 0 unspecified atom stereocenters. The average molecular weight is 296 g/mol. The third-order valence-corrected chi connectivity index (χ3v) is 4.07. The molecule has 2 heterocycles. The van der Waals surface area contributed by atoms with Crippen LogP contribution in [0.15, 0.2) is 34.3 Å². The first-order chi connectivity index (χ1) is 9.29. The number of hydrogen-bond acceptors (Lipinski definition) is 4. The van der Waals surface area contributed by atoms with Crippen molar-refractivity contribution in [3.8, 4) is 0 Å². The van der Waals surface area contributed by atoms with Gasteiger partial charge in [0, 0.05) is 20.2 Å². The Labute approximate surface area is 120 Å². The van der Waals surface area contributed by atoms with E-state index in [9.17, 15) is 4.79 Å². The minimum Gasteiger partial charge on any atom is -0.383 e. The average Bonchev–Trinajstić information content (AvgIpc) is 3.07. The zero-order valence-electron chi connectivity index (χ0n) is 10.7. The maximum Gasteiger partial charge on any atom is 0.322 e. The van der Waals surface area contributed by atoms with Crippen molar-refractivity contribution in [3.63, 3.8) is 0 Å². The summed E-state index contributed by atoms with van der Waals surface area (Å²) in [6.07, 6.45) is 0. The van der Waals surface area contributed by atoms with E-state index in [0.29, 0.717) is 19.7 Å². The van der Waals surface area contributed by atoms with Crippen LogP contribution < -0.4 is 5.32 Å². The highest BCUT2D eigenvalue weighted by atomic mass is 32.1. The van der Waals surface area contributed by atoms with E-state index in [1.54, 1.807) is 23.3 Å². The number of nitrogens with zero attached hydrogens (tertiary/aromatic N) is 1. The van der Waals surface area contributed by atoms with Gasteiger partial charge in [0.15, 0.2) is 0 Å². The molecule has 0 radical (unpaired) electrons. The third kappa shape index (κ3) is 4.34. The standard InChI is InChI=1S/C13H16N2O2S2/c1-17-6-5-15(9-11-4-8-18-10-11)13(16)14-12-3-2-7-19-12/h2-4,7-8,10H,5-6,9H2,1H3,(H,14,16). The maximum absolute atomic E-state index is 12.2. The summed E-state index contributed by atoms with van der Waals surface area (Å²) in [5.41, 5.74) is 1.14. The van der Waals surface area contributed by atoms with Crippen molar-refractivity contribution in [1.29, 1.82) is 0 Å². The van der Waals surface area contributed by atoms with E-state index in [4.69, 9.17) is 4.74 Å². The molecule has 2 rings (SSSR count). The number of anilines is 1. The Bertz CT molecular complexity index is 483. The number of ether oxygens (including phenoxy) is 1. The van der Waals surface area contributed by atoms with Crippen LogP contribution >= 0.6 is 22.7 Å². The zero-order valence-corrected chi connectivity index (χ0v) is 12.3. The molecule has 0 aromatic carbocycles.